The summed E-state index contributed by atoms with van der Waals surface area (Å²) in [6.45, 7) is 9.56. The highest BCUT2D eigenvalue weighted by atomic mass is 16.4. The van der Waals surface area contributed by atoms with Gasteiger partial charge in [0.2, 0.25) is 0 Å². The molecule has 0 amide bonds. The van der Waals surface area contributed by atoms with Crippen molar-refractivity contribution in [1.82, 2.24) is 0 Å². The average Bonchev–Trinajstić information content (AvgIpc) is 1.90. The first kappa shape index (κ1) is 9.21. The highest BCUT2D eigenvalue weighted by Gasteiger charge is 2.19. The van der Waals surface area contributed by atoms with E-state index in [-0.39, 0.29) is 5.41 Å². The molecule has 2 heteroatoms. The molecule has 0 unspecified atom stereocenters. The van der Waals surface area contributed by atoms with Crippen molar-refractivity contribution in [3.63, 3.8) is 0 Å². The summed E-state index contributed by atoms with van der Waals surface area (Å²) in [6.07, 6.45) is 2.54. The van der Waals surface area contributed by atoms with Crippen molar-refractivity contribution in [2.75, 3.05) is 0 Å². The minimum Gasteiger partial charge on any atom is -0.411 e. The van der Waals surface area contributed by atoms with E-state index in [2.05, 4.69) is 11.7 Å². The Balaban J connectivity index is 4.43. The molecule has 0 heterocycles. The van der Waals surface area contributed by atoms with E-state index in [0.717, 1.165) is 12.1 Å². The Labute approximate surface area is 62.2 Å². The highest BCUT2D eigenvalue weighted by molar-refractivity contribution is 5.90. The van der Waals surface area contributed by atoms with Gasteiger partial charge < -0.3 is 5.21 Å². The predicted molar refractivity (Wildman–Crippen MR) is 43.5 cm³/mol. The molecule has 0 aromatic heterocycles. The largest absolute Gasteiger partial charge is 0.411 e. The maximum Gasteiger partial charge on any atom is 0.0661 e. The van der Waals surface area contributed by atoms with Crippen LogP contribution in [0.1, 0.15) is 27.2 Å². The lowest BCUT2D eigenvalue weighted by atomic mass is 9.86. The zero-order chi connectivity index (χ0) is 8.20. The van der Waals surface area contributed by atoms with Crippen LogP contribution in [0.15, 0.2) is 17.8 Å². The molecule has 0 aromatic rings. The van der Waals surface area contributed by atoms with Crippen LogP contribution in [0.2, 0.25) is 0 Å². The van der Waals surface area contributed by atoms with E-state index >= 15 is 0 Å². The van der Waals surface area contributed by atoms with Crippen molar-refractivity contribution in [3.05, 3.63) is 12.7 Å². The summed E-state index contributed by atoms with van der Waals surface area (Å²) in [5.41, 5.74) is 0.589. The first-order chi connectivity index (χ1) is 4.58. The van der Waals surface area contributed by atoms with Gasteiger partial charge in [0.05, 0.1) is 5.71 Å². The van der Waals surface area contributed by atoms with Crippen LogP contribution in [0, 0.1) is 5.41 Å². The lowest BCUT2D eigenvalue weighted by Gasteiger charge is -2.19. The van der Waals surface area contributed by atoms with Gasteiger partial charge in [-0.2, -0.15) is 0 Å². The zero-order valence-corrected chi connectivity index (χ0v) is 6.89. The van der Waals surface area contributed by atoms with Gasteiger partial charge >= 0.3 is 0 Å². The summed E-state index contributed by atoms with van der Waals surface area (Å²) in [5.74, 6) is 0. The maximum absolute atomic E-state index is 8.53. The third-order valence-electron chi connectivity index (χ3n) is 1.71. The number of hydrogen-bond acceptors (Lipinski definition) is 2. The molecule has 0 atom stereocenters. The molecular formula is C8H15NO. The summed E-state index contributed by atoms with van der Waals surface area (Å²) >= 11 is 0. The molecule has 58 valence electrons. The van der Waals surface area contributed by atoms with Crippen molar-refractivity contribution in [2.45, 2.75) is 27.2 Å². The van der Waals surface area contributed by atoms with E-state index in [0.29, 0.717) is 0 Å². The zero-order valence-electron chi connectivity index (χ0n) is 6.89. The van der Waals surface area contributed by atoms with Crippen molar-refractivity contribution >= 4 is 5.71 Å². The SMILES string of the molecule is C=CC(C)(C)/C(CC)=N/O. The highest BCUT2D eigenvalue weighted by Crippen LogP contribution is 2.20. The van der Waals surface area contributed by atoms with E-state index in [1.54, 1.807) is 6.08 Å². The van der Waals surface area contributed by atoms with Crippen LogP contribution in [0.25, 0.3) is 0 Å². The van der Waals surface area contributed by atoms with Crippen molar-refractivity contribution in [2.24, 2.45) is 10.6 Å². The Bertz CT molecular complexity index is 147. The summed E-state index contributed by atoms with van der Waals surface area (Å²) in [5, 5.41) is 11.7. The Kier molecular flexibility index (Phi) is 3.13. The lowest BCUT2D eigenvalue weighted by molar-refractivity contribution is 0.311. The molecule has 0 spiro atoms. The monoisotopic (exact) mass is 141 g/mol. The third kappa shape index (κ3) is 1.87. The van der Waals surface area contributed by atoms with Crippen molar-refractivity contribution in [3.8, 4) is 0 Å². The molecule has 0 saturated carbocycles. The van der Waals surface area contributed by atoms with E-state index in [1.807, 2.05) is 20.8 Å². The minimum atomic E-state index is -0.177. The molecule has 1 N–H and O–H groups in total. The van der Waals surface area contributed by atoms with Gasteiger partial charge in [-0.05, 0) is 6.42 Å². The van der Waals surface area contributed by atoms with Crippen molar-refractivity contribution < 1.29 is 5.21 Å². The number of hydrogen-bond donors (Lipinski definition) is 1. The number of rotatable bonds is 3. The summed E-state index contributed by atoms with van der Waals surface area (Å²) < 4.78 is 0. The van der Waals surface area contributed by atoms with Crippen molar-refractivity contribution in [1.29, 1.82) is 0 Å². The molecule has 0 rings (SSSR count). The normalized spacial score (nSPS) is 13.3. The molecular weight excluding hydrogens is 126 g/mol. The second kappa shape index (κ2) is 3.40. The van der Waals surface area contributed by atoms with Crippen LogP contribution < -0.4 is 0 Å². The second-order valence-electron chi connectivity index (χ2n) is 2.83. The Morgan fingerprint density at radius 1 is 1.70 bits per heavy atom. The van der Waals surface area contributed by atoms with Gasteiger partial charge in [0.1, 0.15) is 0 Å². The lowest BCUT2D eigenvalue weighted by Crippen LogP contribution is -2.20. The molecule has 0 aliphatic rings. The number of allylic oxidation sites excluding steroid dienone is 1. The second-order valence-corrected chi connectivity index (χ2v) is 2.83. The Hall–Kier alpha value is -0.790. The molecule has 0 aromatic carbocycles. The van der Waals surface area contributed by atoms with Crippen LogP contribution in [-0.4, -0.2) is 10.9 Å². The number of nitrogens with zero attached hydrogens (tertiary/aromatic N) is 1. The summed E-state index contributed by atoms with van der Waals surface area (Å²) in [7, 11) is 0. The molecule has 0 saturated heterocycles. The molecule has 0 radical (unpaired) electrons. The van der Waals surface area contributed by atoms with Crippen LogP contribution in [0.5, 0.6) is 0 Å². The molecule has 0 bridgehead atoms. The van der Waals surface area contributed by atoms with Gasteiger partial charge in [-0.25, -0.2) is 0 Å². The van der Waals surface area contributed by atoms with Gasteiger partial charge in [-0.1, -0.05) is 32.0 Å². The fourth-order valence-electron chi connectivity index (χ4n) is 0.773. The molecule has 0 aliphatic heterocycles. The standard InChI is InChI=1S/C8H15NO/c1-5-7(9-10)8(3,4)6-2/h6,10H,2,5H2,1,3-4H3/b9-7+. The van der Waals surface area contributed by atoms with Gasteiger partial charge in [0.25, 0.3) is 0 Å². The van der Waals surface area contributed by atoms with E-state index < -0.39 is 0 Å². The quantitative estimate of drug-likeness (QED) is 0.278. The molecule has 2 nitrogen and oxygen atoms in total. The summed E-state index contributed by atoms with van der Waals surface area (Å²) in [4.78, 5) is 0. The molecule has 0 fully saturated rings. The fourth-order valence-corrected chi connectivity index (χ4v) is 0.773. The topological polar surface area (TPSA) is 32.6 Å². The average molecular weight is 141 g/mol. The van der Waals surface area contributed by atoms with E-state index in [4.69, 9.17) is 5.21 Å². The van der Waals surface area contributed by atoms with Gasteiger partial charge in [0.15, 0.2) is 0 Å². The predicted octanol–water partition coefficient (Wildman–Crippen LogP) is 2.44. The Morgan fingerprint density at radius 2 is 2.20 bits per heavy atom. The maximum atomic E-state index is 8.53. The van der Waals surface area contributed by atoms with Crippen LogP contribution >= 0.6 is 0 Å². The van der Waals surface area contributed by atoms with Gasteiger partial charge in [0, 0.05) is 5.41 Å². The minimum absolute atomic E-state index is 0.177. The van der Waals surface area contributed by atoms with Gasteiger partial charge in [-0.15, -0.1) is 6.58 Å². The van der Waals surface area contributed by atoms with E-state index in [1.165, 1.54) is 0 Å². The molecule has 0 aliphatic carbocycles. The smallest absolute Gasteiger partial charge is 0.0661 e. The first-order valence-corrected chi connectivity index (χ1v) is 3.43. The third-order valence-corrected chi connectivity index (χ3v) is 1.71. The fraction of sp³-hybridized carbons (Fsp3) is 0.625. The van der Waals surface area contributed by atoms with Crippen LogP contribution in [0.4, 0.5) is 0 Å². The Morgan fingerprint density at radius 3 is 2.30 bits per heavy atom. The van der Waals surface area contributed by atoms with E-state index in [9.17, 15) is 0 Å². The van der Waals surface area contributed by atoms with Gasteiger partial charge in [-0.3, -0.25) is 0 Å². The first-order valence-electron chi connectivity index (χ1n) is 3.43. The molecule has 10 heavy (non-hydrogen) atoms. The van der Waals surface area contributed by atoms with Crippen LogP contribution in [0.3, 0.4) is 0 Å². The number of oxime groups is 1. The summed E-state index contributed by atoms with van der Waals surface area (Å²) in [6, 6.07) is 0. The van der Waals surface area contributed by atoms with Crippen LogP contribution in [-0.2, 0) is 0 Å².